The molecular formula is C20H16Cl3N3O2S. The molecule has 1 aliphatic rings. The third-order valence-corrected chi connectivity index (χ3v) is 6.19. The Hall–Kier alpha value is -1.70. The summed E-state index contributed by atoms with van der Waals surface area (Å²) in [7, 11) is 0. The molecule has 3 heterocycles. The van der Waals surface area contributed by atoms with Crippen molar-refractivity contribution in [1.29, 1.82) is 0 Å². The number of carbonyl (C=O) groups is 1. The molecule has 1 saturated heterocycles. The molecule has 1 amide bonds. The fraction of sp³-hybridized carbons (Fsp3) is 0.250. The first-order valence-electron chi connectivity index (χ1n) is 8.97. The third kappa shape index (κ3) is 4.73. The van der Waals surface area contributed by atoms with Crippen LogP contribution in [0.25, 0.3) is 11.3 Å². The van der Waals surface area contributed by atoms with Crippen molar-refractivity contribution >= 4 is 57.2 Å². The quantitative estimate of drug-likeness (QED) is 0.431. The van der Waals surface area contributed by atoms with Crippen LogP contribution in [0.2, 0.25) is 15.2 Å². The minimum absolute atomic E-state index is 0.0225. The zero-order valence-electron chi connectivity index (χ0n) is 15.1. The molecule has 9 heteroatoms. The number of nitrogens with zero attached hydrogens (tertiary/aromatic N) is 3. The molecule has 2 aromatic heterocycles. The highest BCUT2D eigenvalue weighted by atomic mass is 35.5. The average molecular weight is 469 g/mol. The van der Waals surface area contributed by atoms with Crippen LogP contribution in [0.5, 0.6) is 0 Å². The lowest BCUT2D eigenvalue weighted by atomic mass is 10.2. The molecule has 0 N–H and O–H groups in total. The molecule has 150 valence electrons. The first-order chi connectivity index (χ1) is 14.0. The molecule has 1 unspecified atom stereocenters. The predicted octanol–water partition coefficient (Wildman–Crippen LogP) is 5.99. The van der Waals surface area contributed by atoms with E-state index in [0.717, 1.165) is 18.4 Å². The van der Waals surface area contributed by atoms with E-state index < -0.39 is 0 Å². The van der Waals surface area contributed by atoms with Crippen molar-refractivity contribution in [3.8, 4) is 11.3 Å². The second kappa shape index (κ2) is 8.98. The first-order valence-corrected chi connectivity index (χ1v) is 11.0. The van der Waals surface area contributed by atoms with Crippen molar-refractivity contribution in [1.82, 2.24) is 9.97 Å². The number of amides is 1. The van der Waals surface area contributed by atoms with E-state index in [1.54, 1.807) is 29.2 Å². The van der Waals surface area contributed by atoms with E-state index in [-0.39, 0.29) is 12.0 Å². The molecule has 3 aromatic rings. The van der Waals surface area contributed by atoms with E-state index in [9.17, 15) is 4.79 Å². The number of pyridine rings is 1. The maximum absolute atomic E-state index is 13.2. The fourth-order valence-electron chi connectivity index (χ4n) is 3.11. The largest absolute Gasteiger partial charge is 0.376 e. The van der Waals surface area contributed by atoms with Crippen molar-refractivity contribution in [3.05, 3.63) is 62.7 Å². The molecule has 0 radical (unpaired) electrons. The van der Waals surface area contributed by atoms with Crippen molar-refractivity contribution in [2.45, 2.75) is 18.9 Å². The van der Waals surface area contributed by atoms with Gasteiger partial charge in [0, 0.05) is 28.8 Å². The van der Waals surface area contributed by atoms with Crippen LogP contribution in [0.15, 0.2) is 41.9 Å². The van der Waals surface area contributed by atoms with Gasteiger partial charge in [-0.15, -0.1) is 11.3 Å². The number of anilines is 1. The molecule has 5 nitrogen and oxygen atoms in total. The summed E-state index contributed by atoms with van der Waals surface area (Å²) in [6, 6.07) is 8.51. The number of rotatable bonds is 5. The number of thiazole rings is 1. The topological polar surface area (TPSA) is 55.3 Å². The Kier molecular flexibility index (Phi) is 6.37. The number of carbonyl (C=O) groups excluding carboxylic acids is 1. The van der Waals surface area contributed by atoms with Crippen molar-refractivity contribution in [2.75, 3.05) is 18.1 Å². The number of hydrogen-bond donors (Lipinski definition) is 0. The Morgan fingerprint density at radius 1 is 1.24 bits per heavy atom. The van der Waals surface area contributed by atoms with E-state index in [0.29, 0.717) is 44.7 Å². The maximum atomic E-state index is 13.2. The van der Waals surface area contributed by atoms with Gasteiger partial charge in [-0.3, -0.25) is 9.69 Å². The normalized spacial score (nSPS) is 16.2. The molecule has 29 heavy (non-hydrogen) atoms. The van der Waals surface area contributed by atoms with Gasteiger partial charge in [0.1, 0.15) is 5.15 Å². The van der Waals surface area contributed by atoms with E-state index in [2.05, 4.69) is 9.97 Å². The average Bonchev–Trinajstić information content (AvgIpc) is 3.38. The molecular weight excluding hydrogens is 453 g/mol. The van der Waals surface area contributed by atoms with Crippen molar-refractivity contribution in [3.63, 3.8) is 0 Å². The van der Waals surface area contributed by atoms with Crippen LogP contribution < -0.4 is 4.90 Å². The lowest BCUT2D eigenvalue weighted by Gasteiger charge is -2.23. The highest BCUT2D eigenvalue weighted by Crippen LogP contribution is 2.34. The lowest BCUT2D eigenvalue weighted by molar-refractivity contribution is 0.0917. The highest BCUT2D eigenvalue weighted by molar-refractivity contribution is 7.14. The summed E-state index contributed by atoms with van der Waals surface area (Å²) in [5.74, 6) is -0.201. The summed E-state index contributed by atoms with van der Waals surface area (Å²) in [4.78, 5) is 23.5. The van der Waals surface area contributed by atoms with E-state index in [1.165, 1.54) is 17.5 Å². The summed E-state index contributed by atoms with van der Waals surface area (Å²) in [5.41, 5.74) is 1.89. The number of hydrogen-bond acceptors (Lipinski definition) is 5. The smallest absolute Gasteiger partial charge is 0.261 e. The van der Waals surface area contributed by atoms with Gasteiger partial charge in [-0.25, -0.2) is 9.97 Å². The second-order valence-corrected chi connectivity index (χ2v) is 8.63. The zero-order valence-corrected chi connectivity index (χ0v) is 18.2. The number of halogens is 3. The maximum Gasteiger partial charge on any atom is 0.261 e. The fourth-order valence-corrected chi connectivity index (χ4v) is 4.56. The highest BCUT2D eigenvalue weighted by Gasteiger charge is 2.27. The SMILES string of the molecule is O=C(c1ccc(Cl)nc1)N(CC1CCCO1)c1nc(-c2ccc(Cl)cc2Cl)cs1. The molecule has 0 spiro atoms. The zero-order chi connectivity index (χ0) is 20.4. The minimum atomic E-state index is -0.201. The van der Waals surface area contributed by atoms with Crippen LogP contribution in [0.4, 0.5) is 5.13 Å². The van der Waals surface area contributed by atoms with Gasteiger partial charge in [-0.05, 0) is 43.2 Å². The van der Waals surface area contributed by atoms with Gasteiger partial charge in [0.05, 0.1) is 28.9 Å². The van der Waals surface area contributed by atoms with Crippen molar-refractivity contribution < 1.29 is 9.53 Å². The van der Waals surface area contributed by atoms with E-state index in [1.807, 2.05) is 11.4 Å². The Balaban J connectivity index is 1.66. The van der Waals surface area contributed by atoms with Gasteiger partial charge in [0.15, 0.2) is 5.13 Å². The summed E-state index contributed by atoms with van der Waals surface area (Å²) in [6.45, 7) is 1.13. The third-order valence-electron chi connectivity index (χ3n) is 4.56. The Morgan fingerprint density at radius 2 is 2.10 bits per heavy atom. The number of benzene rings is 1. The van der Waals surface area contributed by atoms with Gasteiger partial charge in [-0.1, -0.05) is 34.8 Å². The van der Waals surface area contributed by atoms with Crippen LogP contribution >= 0.6 is 46.1 Å². The van der Waals surface area contributed by atoms with Crippen LogP contribution in [-0.2, 0) is 4.74 Å². The van der Waals surface area contributed by atoms with E-state index >= 15 is 0 Å². The summed E-state index contributed by atoms with van der Waals surface area (Å²) >= 11 is 19.5. The van der Waals surface area contributed by atoms with Crippen LogP contribution in [0.1, 0.15) is 23.2 Å². The molecule has 1 aliphatic heterocycles. The Morgan fingerprint density at radius 3 is 2.79 bits per heavy atom. The lowest BCUT2D eigenvalue weighted by Crippen LogP contribution is -2.37. The number of aromatic nitrogens is 2. The molecule has 4 rings (SSSR count). The molecule has 1 aromatic carbocycles. The molecule has 0 bridgehead atoms. The minimum Gasteiger partial charge on any atom is -0.376 e. The van der Waals surface area contributed by atoms with Gasteiger partial charge < -0.3 is 4.74 Å². The monoisotopic (exact) mass is 467 g/mol. The predicted molar refractivity (Wildman–Crippen MR) is 117 cm³/mol. The van der Waals surface area contributed by atoms with Crippen LogP contribution in [-0.4, -0.2) is 35.1 Å². The molecule has 0 saturated carbocycles. The van der Waals surface area contributed by atoms with Gasteiger partial charge >= 0.3 is 0 Å². The molecule has 1 atom stereocenters. The van der Waals surface area contributed by atoms with Gasteiger partial charge in [0.25, 0.3) is 5.91 Å². The summed E-state index contributed by atoms with van der Waals surface area (Å²) in [5, 5.41) is 3.84. The standard InChI is InChI=1S/C20H16Cl3N3O2S/c21-13-4-5-15(16(22)8-13)17-11-29-20(25-17)26(10-14-2-1-7-28-14)19(27)12-3-6-18(23)24-9-12/h3-6,8-9,11,14H,1-2,7,10H2. The first kappa shape index (κ1) is 20.6. The van der Waals surface area contributed by atoms with Gasteiger partial charge in [-0.2, -0.15) is 0 Å². The summed E-state index contributed by atoms with van der Waals surface area (Å²) < 4.78 is 5.74. The van der Waals surface area contributed by atoms with E-state index in [4.69, 9.17) is 39.5 Å². The molecule has 0 aliphatic carbocycles. The second-order valence-electron chi connectivity index (χ2n) is 6.56. The Bertz CT molecular complexity index is 1020. The van der Waals surface area contributed by atoms with Crippen molar-refractivity contribution in [2.24, 2.45) is 0 Å². The molecule has 1 fully saturated rings. The van der Waals surface area contributed by atoms with Crippen LogP contribution in [0, 0.1) is 0 Å². The van der Waals surface area contributed by atoms with Gasteiger partial charge in [0.2, 0.25) is 0 Å². The summed E-state index contributed by atoms with van der Waals surface area (Å²) in [6.07, 6.45) is 3.34. The Labute approximate surface area is 187 Å². The number of ether oxygens (including phenoxy) is 1. The van der Waals surface area contributed by atoms with Crippen LogP contribution in [0.3, 0.4) is 0 Å².